The van der Waals surface area contributed by atoms with Crippen LogP contribution >= 0.6 is 0 Å². The third-order valence-corrected chi connectivity index (χ3v) is 5.11. The molecule has 0 atom stereocenters. The van der Waals surface area contributed by atoms with Gasteiger partial charge in [-0.1, -0.05) is 19.9 Å². The van der Waals surface area contributed by atoms with Crippen molar-refractivity contribution in [2.75, 3.05) is 25.0 Å². The molecule has 28 heavy (non-hydrogen) atoms. The van der Waals surface area contributed by atoms with Crippen LogP contribution in [0.25, 0.3) is 10.9 Å². The summed E-state index contributed by atoms with van der Waals surface area (Å²) in [5, 5.41) is 10.9. The molecule has 6 nitrogen and oxygen atoms in total. The van der Waals surface area contributed by atoms with Crippen molar-refractivity contribution < 1.29 is 9.53 Å². The first-order chi connectivity index (χ1) is 13.6. The van der Waals surface area contributed by atoms with E-state index in [1.807, 2.05) is 36.4 Å². The molecule has 0 fully saturated rings. The normalized spacial score (nSPS) is 14.5. The van der Waals surface area contributed by atoms with Gasteiger partial charge in [0.15, 0.2) is 0 Å². The van der Waals surface area contributed by atoms with Crippen molar-refractivity contribution in [3.05, 3.63) is 53.7 Å². The summed E-state index contributed by atoms with van der Waals surface area (Å²) < 4.78 is 5.94. The number of rotatable bonds is 5. The maximum absolute atomic E-state index is 12.7. The Hall–Kier alpha value is -2.86. The summed E-state index contributed by atoms with van der Waals surface area (Å²) in [6.07, 6.45) is 2.94. The number of anilines is 1. The van der Waals surface area contributed by atoms with Crippen molar-refractivity contribution >= 4 is 22.5 Å². The third-order valence-electron chi connectivity index (χ3n) is 5.11. The molecule has 0 unspecified atom stereocenters. The lowest BCUT2D eigenvalue weighted by Crippen LogP contribution is -2.27. The Labute approximate surface area is 164 Å². The second-order valence-electron chi connectivity index (χ2n) is 7.76. The van der Waals surface area contributed by atoms with Crippen LogP contribution in [0.15, 0.2) is 42.6 Å². The van der Waals surface area contributed by atoms with Gasteiger partial charge in [-0.25, -0.2) is 0 Å². The molecular weight excluding hydrogens is 352 g/mol. The zero-order valence-corrected chi connectivity index (χ0v) is 16.4. The average Bonchev–Trinajstić information content (AvgIpc) is 3.04. The first-order valence-electron chi connectivity index (χ1n) is 9.81. The Morgan fingerprint density at radius 3 is 3.04 bits per heavy atom. The number of fused-ring (bicyclic) bond motifs is 2. The molecule has 146 valence electrons. The lowest BCUT2D eigenvalue weighted by Gasteiger charge is -2.20. The number of H-pyrrole nitrogens is 1. The Balaban J connectivity index is 1.47. The van der Waals surface area contributed by atoms with E-state index >= 15 is 0 Å². The third kappa shape index (κ3) is 4.17. The Morgan fingerprint density at radius 1 is 1.29 bits per heavy atom. The zero-order valence-electron chi connectivity index (χ0n) is 16.4. The van der Waals surface area contributed by atoms with Crippen LogP contribution in [0.3, 0.4) is 0 Å². The van der Waals surface area contributed by atoms with Crippen molar-refractivity contribution in [1.29, 1.82) is 0 Å². The molecule has 2 heterocycles. The van der Waals surface area contributed by atoms with Crippen molar-refractivity contribution in [3.8, 4) is 5.75 Å². The first kappa shape index (κ1) is 18.5. The maximum atomic E-state index is 12.7. The molecule has 1 aliphatic heterocycles. The van der Waals surface area contributed by atoms with Crippen LogP contribution in [0.5, 0.6) is 5.75 Å². The fraction of sp³-hybridized carbons (Fsp3) is 0.364. The van der Waals surface area contributed by atoms with Crippen LogP contribution in [-0.4, -0.2) is 40.7 Å². The molecule has 0 saturated carbocycles. The molecule has 3 aromatic rings. The van der Waals surface area contributed by atoms with Gasteiger partial charge in [-0.05, 0) is 49.2 Å². The van der Waals surface area contributed by atoms with E-state index < -0.39 is 0 Å². The number of carbonyl (C=O) groups excluding carboxylic acids is 1. The standard InChI is InChI=1S/C22H26N4O2/c1-15(2)7-8-26-9-10-28-21-11-16(3-4-18(21)14-26)22(27)24-19-6-5-17-13-23-25-20(17)12-19/h3-6,11-13,15H,7-10,14H2,1-2H3,(H,23,25)(H,24,27). The van der Waals surface area contributed by atoms with Crippen molar-refractivity contribution in [1.82, 2.24) is 15.1 Å². The summed E-state index contributed by atoms with van der Waals surface area (Å²) in [5.74, 6) is 1.35. The number of nitrogens with one attached hydrogen (secondary N) is 2. The Bertz CT molecular complexity index is 980. The van der Waals surface area contributed by atoms with Gasteiger partial charge >= 0.3 is 0 Å². The lowest BCUT2D eigenvalue weighted by molar-refractivity contribution is 0.102. The van der Waals surface area contributed by atoms with Crippen LogP contribution in [0.2, 0.25) is 0 Å². The molecule has 6 heteroatoms. The second-order valence-corrected chi connectivity index (χ2v) is 7.76. The van der Waals surface area contributed by atoms with Crippen LogP contribution in [0.4, 0.5) is 5.69 Å². The van der Waals surface area contributed by atoms with Gasteiger partial charge in [0.2, 0.25) is 0 Å². The number of ether oxygens (including phenoxy) is 1. The number of aromatic nitrogens is 2. The SMILES string of the molecule is CC(C)CCN1CCOc2cc(C(=O)Nc3ccc4cn[nH]c4c3)ccc2C1. The topological polar surface area (TPSA) is 70.2 Å². The largest absolute Gasteiger partial charge is 0.492 e. The highest BCUT2D eigenvalue weighted by Gasteiger charge is 2.17. The van der Waals surface area contributed by atoms with Gasteiger partial charge in [0.05, 0.1) is 11.7 Å². The zero-order chi connectivity index (χ0) is 19.5. The van der Waals surface area contributed by atoms with E-state index in [4.69, 9.17) is 4.74 Å². The smallest absolute Gasteiger partial charge is 0.255 e. The molecule has 0 saturated heterocycles. The highest BCUT2D eigenvalue weighted by molar-refractivity contribution is 6.05. The molecule has 1 aromatic heterocycles. The molecule has 1 amide bonds. The van der Waals surface area contributed by atoms with E-state index in [0.717, 1.165) is 47.5 Å². The minimum atomic E-state index is -0.147. The maximum Gasteiger partial charge on any atom is 0.255 e. The van der Waals surface area contributed by atoms with Gasteiger partial charge in [-0.3, -0.25) is 14.8 Å². The van der Waals surface area contributed by atoms with Crippen molar-refractivity contribution in [2.45, 2.75) is 26.8 Å². The fourth-order valence-electron chi connectivity index (χ4n) is 3.42. The molecule has 1 aliphatic rings. The Morgan fingerprint density at radius 2 is 2.18 bits per heavy atom. The first-order valence-corrected chi connectivity index (χ1v) is 9.81. The van der Waals surface area contributed by atoms with Crippen molar-refractivity contribution in [2.24, 2.45) is 5.92 Å². The quantitative estimate of drug-likeness (QED) is 0.702. The van der Waals surface area contributed by atoms with E-state index in [9.17, 15) is 4.79 Å². The van der Waals surface area contributed by atoms with Gasteiger partial charge in [-0.2, -0.15) is 5.10 Å². The summed E-state index contributed by atoms with van der Waals surface area (Å²) in [6, 6.07) is 11.4. The number of carbonyl (C=O) groups is 1. The van der Waals surface area contributed by atoms with Crippen molar-refractivity contribution in [3.63, 3.8) is 0 Å². The molecule has 0 radical (unpaired) electrons. The second kappa shape index (κ2) is 8.02. The van der Waals surface area contributed by atoms with E-state index in [-0.39, 0.29) is 5.91 Å². The van der Waals surface area contributed by atoms with Gasteiger partial charge in [0.25, 0.3) is 5.91 Å². The lowest BCUT2D eigenvalue weighted by atomic mass is 10.1. The number of aromatic amines is 1. The van der Waals surface area contributed by atoms with Crippen LogP contribution < -0.4 is 10.1 Å². The minimum Gasteiger partial charge on any atom is -0.492 e. The van der Waals surface area contributed by atoms with Gasteiger partial charge < -0.3 is 10.1 Å². The molecule has 2 aromatic carbocycles. The highest BCUT2D eigenvalue weighted by Crippen LogP contribution is 2.26. The summed E-state index contributed by atoms with van der Waals surface area (Å²) in [4.78, 5) is 15.1. The van der Waals surface area contributed by atoms with Gasteiger partial charge in [0.1, 0.15) is 12.4 Å². The van der Waals surface area contributed by atoms with E-state index in [2.05, 4.69) is 34.3 Å². The summed E-state index contributed by atoms with van der Waals surface area (Å²) >= 11 is 0. The molecule has 4 rings (SSSR count). The summed E-state index contributed by atoms with van der Waals surface area (Å²) in [5.41, 5.74) is 3.36. The summed E-state index contributed by atoms with van der Waals surface area (Å²) in [6.45, 7) is 7.98. The number of nitrogens with zero attached hydrogens (tertiary/aromatic N) is 2. The predicted octanol–water partition coefficient (Wildman–Crippen LogP) is 4.06. The molecule has 0 aliphatic carbocycles. The number of hydrogen-bond donors (Lipinski definition) is 2. The van der Waals surface area contributed by atoms with Crippen LogP contribution in [0.1, 0.15) is 36.2 Å². The number of amides is 1. The van der Waals surface area contributed by atoms with E-state index in [1.165, 1.54) is 6.42 Å². The number of benzene rings is 2. The minimum absolute atomic E-state index is 0.147. The van der Waals surface area contributed by atoms with E-state index in [1.54, 1.807) is 6.20 Å². The van der Waals surface area contributed by atoms with Crippen LogP contribution in [0, 0.1) is 5.92 Å². The molecule has 0 spiro atoms. The number of hydrogen-bond acceptors (Lipinski definition) is 4. The van der Waals surface area contributed by atoms with E-state index in [0.29, 0.717) is 18.1 Å². The molecule has 0 bridgehead atoms. The van der Waals surface area contributed by atoms with Gasteiger partial charge in [0, 0.05) is 35.3 Å². The monoisotopic (exact) mass is 378 g/mol. The molecular formula is C22H26N4O2. The van der Waals surface area contributed by atoms with Crippen LogP contribution in [-0.2, 0) is 6.54 Å². The summed E-state index contributed by atoms with van der Waals surface area (Å²) in [7, 11) is 0. The predicted molar refractivity (Wildman–Crippen MR) is 111 cm³/mol. The van der Waals surface area contributed by atoms with Gasteiger partial charge in [-0.15, -0.1) is 0 Å². The average molecular weight is 378 g/mol. The Kier molecular flexibility index (Phi) is 5.30. The molecule has 2 N–H and O–H groups in total. The fourth-order valence-corrected chi connectivity index (χ4v) is 3.42. The highest BCUT2D eigenvalue weighted by atomic mass is 16.5.